The minimum Gasteiger partial charge on any atom is -0.480 e. The van der Waals surface area contributed by atoms with E-state index in [1.54, 1.807) is 0 Å². The van der Waals surface area contributed by atoms with Crippen molar-refractivity contribution in [3.63, 3.8) is 0 Å². The molecule has 0 aromatic carbocycles. The Morgan fingerprint density at radius 1 is 1.29 bits per heavy atom. The Labute approximate surface area is 105 Å². The molecular formula is C14H27NO2. The third kappa shape index (κ3) is 4.66. The molecule has 1 saturated carbocycles. The van der Waals surface area contributed by atoms with Crippen LogP contribution in [0, 0.1) is 0 Å². The number of carboxylic acid groups (broad SMARTS) is 1. The van der Waals surface area contributed by atoms with E-state index in [4.69, 9.17) is 0 Å². The molecule has 0 aliphatic heterocycles. The van der Waals surface area contributed by atoms with Gasteiger partial charge >= 0.3 is 5.97 Å². The molecule has 100 valence electrons. The summed E-state index contributed by atoms with van der Waals surface area (Å²) >= 11 is 0. The van der Waals surface area contributed by atoms with Gasteiger partial charge in [-0.05, 0) is 26.3 Å². The van der Waals surface area contributed by atoms with Crippen LogP contribution in [-0.4, -0.2) is 35.1 Å². The fourth-order valence-corrected chi connectivity index (χ4v) is 2.82. The van der Waals surface area contributed by atoms with E-state index in [1.807, 2.05) is 7.05 Å². The predicted molar refractivity (Wildman–Crippen MR) is 70.2 cm³/mol. The maximum atomic E-state index is 11.3. The zero-order chi connectivity index (χ0) is 12.7. The lowest BCUT2D eigenvalue weighted by atomic mass is 10.0. The first-order chi connectivity index (χ1) is 8.16. The quantitative estimate of drug-likeness (QED) is 0.725. The van der Waals surface area contributed by atoms with Crippen LogP contribution in [0.2, 0.25) is 0 Å². The molecule has 1 rings (SSSR count). The fraction of sp³-hybridized carbons (Fsp3) is 0.929. The molecule has 3 nitrogen and oxygen atoms in total. The summed E-state index contributed by atoms with van der Waals surface area (Å²) in [4.78, 5) is 13.5. The molecule has 0 amide bonds. The van der Waals surface area contributed by atoms with Crippen molar-refractivity contribution in [3.05, 3.63) is 0 Å². The molecule has 1 unspecified atom stereocenters. The number of likely N-dealkylation sites (N-methyl/N-ethyl adjacent to an activating group) is 1. The average molecular weight is 241 g/mol. The van der Waals surface area contributed by atoms with Crippen LogP contribution >= 0.6 is 0 Å². The number of unbranched alkanes of at least 4 members (excludes halogenated alkanes) is 1. The summed E-state index contributed by atoms with van der Waals surface area (Å²) in [5, 5.41) is 9.33. The molecule has 0 spiro atoms. The lowest BCUT2D eigenvalue weighted by Gasteiger charge is -2.32. The Balaban J connectivity index is 2.55. The topological polar surface area (TPSA) is 40.5 Å². The summed E-state index contributed by atoms with van der Waals surface area (Å²) in [6, 6.07) is 0.202. The molecule has 1 atom stereocenters. The summed E-state index contributed by atoms with van der Waals surface area (Å²) in [5.41, 5.74) is 0. The minimum absolute atomic E-state index is 0.280. The molecule has 1 aliphatic carbocycles. The maximum absolute atomic E-state index is 11.3. The smallest absolute Gasteiger partial charge is 0.320 e. The van der Waals surface area contributed by atoms with Crippen molar-refractivity contribution < 1.29 is 9.90 Å². The zero-order valence-electron chi connectivity index (χ0n) is 11.3. The van der Waals surface area contributed by atoms with Gasteiger partial charge in [-0.25, -0.2) is 0 Å². The van der Waals surface area contributed by atoms with Crippen molar-refractivity contribution >= 4 is 5.97 Å². The predicted octanol–water partition coefficient (Wildman–Crippen LogP) is 3.28. The van der Waals surface area contributed by atoms with E-state index in [9.17, 15) is 9.90 Å². The van der Waals surface area contributed by atoms with Crippen LogP contribution in [0.25, 0.3) is 0 Å². The van der Waals surface area contributed by atoms with E-state index in [1.165, 1.54) is 38.5 Å². The summed E-state index contributed by atoms with van der Waals surface area (Å²) in [5.74, 6) is -0.648. The molecule has 3 heteroatoms. The lowest BCUT2D eigenvalue weighted by Crippen LogP contribution is -2.44. The summed E-state index contributed by atoms with van der Waals surface area (Å²) in [6.07, 6.45) is 10.4. The van der Waals surface area contributed by atoms with Gasteiger partial charge in [0.25, 0.3) is 0 Å². The number of rotatable bonds is 6. The van der Waals surface area contributed by atoms with Crippen LogP contribution in [0.4, 0.5) is 0 Å². The van der Waals surface area contributed by atoms with E-state index in [-0.39, 0.29) is 6.04 Å². The van der Waals surface area contributed by atoms with Crippen molar-refractivity contribution in [1.29, 1.82) is 0 Å². The van der Waals surface area contributed by atoms with Gasteiger partial charge in [0.15, 0.2) is 0 Å². The Morgan fingerprint density at radius 3 is 2.35 bits per heavy atom. The molecule has 1 N–H and O–H groups in total. The van der Waals surface area contributed by atoms with E-state index < -0.39 is 5.97 Å². The largest absolute Gasteiger partial charge is 0.480 e. The van der Waals surface area contributed by atoms with Crippen molar-refractivity contribution in [2.75, 3.05) is 7.05 Å². The van der Waals surface area contributed by atoms with E-state index in [2.05, 4.69) is 11.8 Å². The van der Waals surface area contributed by atoms with Gasteiger partial charge in [-0.2, -0.15) is 0 Å². The molecule has 0 radical (unpaired) electrons. The van der Waals surface area contributed by atoms with Crippen LogP contribution in [-0.2, 0) is 4.79 Å². The normalized spacial score (nSPS) is 20.2. The highest BCUT2D eigenvalue weighted by atomic mass is 16.4. The van der Waals surface area contributed by atoms with Crippen LogP contribution in [0.1, 0.15) is 64.7 Å². The molecule has 1 fully saturated rings. The van der Waals surface area contributed by atoms with E-state index >= 15 is 0 Å². The van der Waals surface area contributed by atoms with E-state index in [0.717, 1.165) is 19.3 Å². The molecule has 0 heterocycles. The Bertz CT molecular complexity index is 222. The molecule has 0 aromatic rings. The van der Waals surface area contributed by atoms with Crippen molar-refractivity contribution in [2.45, 2.75) is 76.8 Å². The monoisotopic (exact) mass is 241 g/mol. The molecule has 17 heavy (non-hydrogen) atoms. The van der Waals surface area contributed by atoms with Gasteiger partial charge in [0.05, 0.1) is 0 Å². The molecular weight excluding hydrogens is 214 g/mol. The van der Waals surface area contributed by atoms with Crippen LogP contribution in [0.3, 0.4) is 0 Å². The lowest BCUT2D eigenvalue weighted by molar-refractivity contribution is -0.144. The third-order valence-corrected chi connectivity index (χ3v) is 4.01. The SMILES string of the molecule is CCCCC(C(=O)O)N(C)C1CCCCCC1. The van der Waals surface area contributed by atoms with Gasteiger partial charge in [-0.3, -0.25) is 9.69 Å². The second kappa shape index (κ2) is 7.70. The Kier molecular flexibility index (Phi) is 6.56. The van der Waals surface area contributed by atoms with Crippen LogP contribution in [0.5, 0.6) is 0 Å². The van der Waals surface area contributed by atoms with Gasteiger partial charge < -0.3 is 5.11 Å². The number of hydrogen-bond donors (Lipinski definition) is 1. The molecule has 1 aliphatic rings. The van der Waals surface area contributed by atoms with Crippen molar-refractivity contribution in [2.24, 2.45) is 0 Å². The summed E-state index contributed by atoms with van der Waals surface area (Å²) in [7, 11) is 2.00. The van der Waals surface area contributed by atoms with Gasteiger partial charge in [0, 0.05) is 6.04 Å². The van der Waals surface area contributed by atoms with Gasteiger partial charge in [-0.15, -0.1) is 0 Å². The van der Waals surface area contributed by atoms with Crippen molar-refractivity contribution in [3.8, 4) is 0 Å². The average Bonchev–Trinajstić information content (AvgIpc) is 2.57. The van der Waals surface area contributed by atoms with Gasteiger partial charge in [0.2, 0.25) is 0 Å². The minimum atomic E-state index is -0.648. The summed E-state index contributed by atoms with van der Waals surface area (Å²) in [6.45, 7) is 2.12. The Hall–Kier alpha value is -0.570. The standard InChI is InChI=1S/C14H27NO2/c1-3-4-11-13(14(16)17)15(2)12-9-7-5-6-8-10-12/h12-13H,3-11H2,1-2H3,(H,16,17). The highest BCUT2D eigenvalue weighted by Crippen LogP contribution is 2.23. The molecule has 0 saturated heterocycles. The Morgan fingerprint density at radius 2 is 1.88 bits per heavy atom. The number of nitrogens with zero attached hydrogens (tertiary/aromatic N) is 1. The number of aliphatic carboxylic acids is 1. The fourth-order valence-electron chi connectivity index (χ4n) is 2.82. The number of hydrogen-bond acceptors (Lipinski definition) is 2. The highest BCUT2D eigenvalue weighted by Gasteiger charge is 2.27. The maximum Gasteiger partial charge on any atom is 0.320 e. The second-order valence-corrected chi connectivity index (χ2v) is 5.31. The van der Waals surface area contributed by atoms with E-state index in [0.29, 0.717) is 6.04 Å². The summed E-state index contributed by atoms with van der Waals surface area (Å²) < 4.78 is 0. The second-order valence-electron chi connectivity index (χ2n) is 5.31. The first kappa shape index (κ1) is 14.5. The highest BCUT2D eigenvalue weighted by molar-refractivity contribution is 5.73. The number of carbonyl (C=O) groups is 1. The van der Waals surface area contributed by atoms with Gasteiger partial charge in [0.1, 0.15) is 6.04 Å². The number of carboxylic acids is 1. The molecule has 0 bridgehead atoms. The van der Waals surface area contributed by atoms with Crippen LogP contribution in [0.15, 0.2) is 0 Å². The van der Waals surface area contributed by atoms with Crippen molar-refractivity contribution in [1.82, 2.24) is 4.90 Å². The van der Waals surface area contributed by atoms with Gasteiger partial charge in [-0.1, -0.05) is 45.4 Å². The zero-order valence-corrected chi connectivity index (χ0v) is 11.3. The molecule has 0 aromatic heterocycles. The first-order valence-corrected chi connectivity index (χ1v) is 7.11. The third-order valence-electron chi connectivity index (χ3n) is 4.01. The first-order valence-electron chi connectivity index (χ1n) is 7.11. The van der Waals surface area contributed by atoms with Crippen LogP contribution < -0.4 is 0 Å².